The van der Waals surface area contributed by atoms with Crippen LogP contribution in [0.4, 0.5) is 0 Å². The van der Waals surface area contributed by atoms with Gasteiger partial charge in [0.2, 0.25) is 0 Å². The highest BCUT2D eigenvalue weighted by Crippen LogP contribution is 2.40. The Balaban J connectivity index is 3.68. The van der Waals surface area contributed by atoms with Crippen LogP contribution < -0.4 is 34.4 Å². The average Bonchev–Trinajstić information content (AvgIpc) is 2.81. The van der Waals surface area contributed by atoms with E-state index in [1.807, 2.05) is 0 Å². The van der Waals surface area contributed by atoms with Crippen LogP contribution >= 0.6 is 0 Å². The molecule has 1 saturated heterocycles. The third kappa shape index (κ3) is 8.01. The highest BCUT2D eigenvalue weighted by Gasteiger charge is 2.66. The van der Waals surface area contributed by atoms with Crippen LogP contribution in [0.5, 0.6) is 0 Å². The largest absolute Gasteiger partial charge is 0.329 e. The molecule has 216 valence electrons. The van der Waals surface area contributed by atoms with E-state index in [0.29, 0.717) is 24.1 Å². The minimum absolute atomic E-state index is 0.295. The fraction of sp³-hybridized carbons (Fsp3) is 1.00. The molecule has 0 aliphatic carbocycles. The maximum absolute atomic E-state index is 7.01. The zero-order valence-corrected chi connectivity index (χ0v) is 24.3. The van der Waals surface area contributed by atoms with Gasteiger partial charge in [-0.3, -0.25) is 10.2 Å². The first-order chi connectivity index (χ1) is 16.9. The zero-order chi connectivity index (χ0) is 27.5. The van der Waals surface area contributed by atoms with Gasteiger partial charge in [0.25, 0.3) is 0 Å². The summed E-state index contributed by atoms with van der Waals surface area (Å²) in [5.41, 5.74) is 39.3. The van der Waals surface area contributed by atoms with E-state index >= 15 is 0 Å². The number of nitrogens with zero attached hydrogens (tertiary/aromatic N) is 6. The molecule has 1 rings (SSSR count). The Labute approximate surface area is 221 Å². The van der Waals surface area contributed by atoms with Gasteiger partial charge in [0.05, 0.1) is 31.8 Å². The van der Waals surface area contributed by atoms with Crippen LogP contribution in [-0.2, 0) is 0 Å². The maximum Gasteiger partial charge on any atom is 0.192 e. The topological polar surface area (TPSA) is 172 Å². The van der Waals surface area contributed by atoms with Crippen LogP contribution in [0.2, 0.25) is 0 Å². The van der Waals surface area contributed by atoms with Crippen molar-refractivity contribution in [3.8, 4) is 0 Å². The average molecular weight is 518 g/mol. The third-order valence-electron chi connectivity index (χ3n) is 7.79. The minimum atomic E-state index is -0.723. The molecule has 1 fully saturated rings. The number of quaternary nitrogens is 1. The summed E-state index contributed by atoms with van der Waals surface area (Å²) >= 11 is 0. The summed E-state index contributed by atoms with van der Waals surface area (Å²) in [4.78, 5) is 11.6. The Hall–Kier alpha value is -0.480. The normalized spacial score (nSPS) is 26.8. The van der Waals surface area contributed by atoms with Crippen LogP contribution in [0.25, 0.3) is 0 Å². The lowest BCUT2D eigenvalue weighted by Gasteiger charge is -2.67. The molecule has 0 saturated carbocycles. The van der Waals surface area contributed by atoms with Gasteiger partial charge in [0.15, 0.2) is 11.8 Å². The molecule has 1 aliphatic rings. The van der Waals surface area contributed by atoms with Crippen molar-refractivity contribution in [1.82, 2.24) is 24.5 Å². The van der Waals surface area contributed by atoms with Crippen molar-refractivity contribution in [3.63, 3.8) is 0 Å². The van der Waals surface area contributed by atoms with Gasteiger partial charge < -0.3 is 43.4 Å². The van der Waals surface area contributed by atoms with E-state index in [2.05, 4.69) is 66.8 Å². The van der Waals surface area contributed by atoms with Crippen molar-refractivity contribution in [2.24, 2.45) is 34.4 Å². The molecular weight excluding hydrogens is 456 g/mol. The Morgan fingerprint density at radius 2 is 1.19 bits per heavy atom. The Bertz CT molecular complexity index is 579. The summed E-state index contributed by atoms with van der Waals surface area (Å²) in [5.74, 6) is 0. The van der Waals surface area contributed by atoms with Gasteiger partial charge in [-0.15, -0.1) is 0 Å². The fourth-order valence-corrected chi connectivity index (χ4v) is 6.14. The van der Waals surface area contributed by atoms with Crippen molar-refractivity contribution in [2.75, 3.05) is 115 Å². The third-order valence-corrected chi connectivity index (χ3v) is 7.79. The molecule has 0 bridgehead atoms. The summed E-state index contributed by atoms with van der Waals surface area (Å²) < 4.78 is 0.484. The molecule has 12 N–H and O–H groups in total. The second-order valence-electron chi connectivity index (χ2n) is 11.4. The molecule has 0 radical (unpaired) electrons. The van der Waals surface area contributed by atoms with Gasteiger partial charge in [-0.1, -0.05) is 0 Å². The molecule has 0 aromatic heterocycles. The summed E-state index contributed by atoms with van der Waals surface area (Å²) in [6, 6.07) is -0.812. The second-order valence-corrected chi connectivity index (χ2v) is 11.4. The first-order valence-corrected chi connectivity index (χ1v) is 13.6. The molecule has 12 heteroatoms. The molecule has 36 heavy (non-hydrogen) atoms. The van der Waals surface area contributed by atoms with E-state index in [9.17, 15) is 0 Å². The van der Waals surface area contributed by atoms with E-state index < -0.39 is 17.7 Å². The van der Waals surface area contributed by atoms with Gasteiger partial charge in [-0.2, -0.15) is 0 Å². The summed E-state index contributed by atoms with van der Waals surface area (Å²) in [6.45, 7) is 7.91. The van der Waals surface area contributed by atoms with E-state index in [1.54, 1.807) is 0 Å². The Kier molecular flexibility index (Phi) is 14.7. The van der Waals surface area contributed by atoms with Crippen molar-refractivity contribution in [1.29, 1.82) is 0 Å². The molecule has 0 amide bonds. The minimum Gasteiger partial charge on any atom is -0.329 e. The highest BCUT2D eigenvalue weighted by atomic mass is 15.7. The van der Waals surface area contributed by atoms with Gasteiger partial charge in [-0.25, -0.2) is 9.80 Å². The molecule has 1 heterocycles. The van der Waals surface area contributed by atoms with Crippen molar-refractivity contribution in [2.45, 2.75) is 43.2 Å². The van der Waals surface area contributed by atoms with E-state index in [0.717, 1.165) is 71.9 Å². The smallest absolute Gasteiger partial charge is 0.192 e. The molecule has 3 unspecified atom stereocenters. The molecule has 1 aliphatic heterocycles. The first kappa shape index (κ1) is 33.5. The molecule has 4 atom stereocenters. The van der Waals surface area contributed by atoms with Crippen LogP contribution in [0, 0.1) is 0 Å². The van der Waals surface area contributed by atoms with Gasteiger partial charge in [0.1, 0.15) is 6.67 Å². The lowest BCUT2D eigenvalue weighted by atomic mass is 9.83. The Morgan fingerprint density at radius 3 is 1.64 bits per heavy atom. The number of hydrogen-bond donors (Lipinski definition) is 6. The maximum atomic E-state index is 7.01. The van der Waals surface area contributed by atoms with Gasteiger partial charge >= 0.3 is 0 Å². The predicted octanol–water partition coefficient (Wildman–Crippen LogP) is -3.30. The predicted molar refractivity (Wildman–Crippen MR) is 152 cm³/mol. The standard InChI is InChI=1S/C24H61N12/c1-31(2)10-7-13-34-19-35(14-8-11-32(3)4)24(21(28)16-25,22(29)17-26)36(20-34,23(30)18-27)15-9-12-33(5)6/h21-23H,7-20,25-30H2,1-6H3/q+1/t21?,22?,23?,24?,36-/m1/s1. The lowest BCUT2D eigenvalue weighted by Crippen LogP contribution is -2.92. The number of hydrogen-bond acceptors (Lipinski definition) is 11. The lowest BCUT2D eigenvalue weighted by molar-refractivity contribution is -1.03. The van der Waals surface area contributed by atoms with Gasteiger partial charge in [-0.05, 0) is 68.2 Å². The zero-order valence-electron chi connectivity index (χ0n) is 24.3. The van der Waals surface area contributed by atoms with Gasteiger partial charge in [0, 0.05) is 39.1 Å². The quantitative estimate of drug-likeness (QED) is 0.101. The van der Waals surface area contributed by atoms with Crippen LogP contribution in [0.1, 0.15) is 19.3 Å². The van der Waals surface area contributed by atoms with Crippen LogP contribution in [0.15, 0.2) is 0 Å². The first-order valence-electron chi connectivity index (χ1n) is 13.6. The second kappa shape index (κ2) is 15.8. The Morgan fingerprint density at radius 1 is 0.722 bits per heavy atom. The van der Waals surface area contributed by atoms with Crippen molar-refractivity contribution >= 4 is 0 Å². The number of nitrogens with two attached hydrogens (primary N) is 6. The highest BCUT2D eigenvalue weighted by molar-refractivity contribution is 5.03. The summed E-state index contributed by atoms with van der Waals surface area (Å²) in [5, 5.41) is 0. The summed E-state index contributed by atoms with van der Waals surface area (Å²) in [7, 11) is 12.6. The van der Waals surface area contributed by atoms with E-state index in [4.69, 9.17) is 34.4 Å². The molecule has 0 aromatic rings. The molecule has 0 aromatic carbocycles. The summed E-state index contributed by atoms with van der Waals surface area (Å²) in [6.07, 6.45) is 2.63. The van der Waals surface area contributed by atoms with E-state index in [1.165, 1.54) is 0 Å². The van der Waals surface area contributed by atoms with Crippen LogP contribution in [-0.4, -0.2) is 167 Å². The molecular formula is C24H61N12+. The SMILES string of the molecule is CN(C)CCCN1CN(CCCN(C)C)C(C(N)CN)(C(N)CN)[N@@+](CCCN(C)C)(C(N)CN)C1. The monoisotopic (exact) mass is 518 g/mol. The molecule has 0 spiro atoms. The van der Waals surface area contributed by atoms with Crippen LogP contribution in [0.3, 0.4) is 0 Å². The number of rotatable bonds is 18. The van der Waals surface area contributed by atoms with Crippen molar-refractivity contribution in [3.05, 3.63) is 0 Å². The van der Waals surface area contributed by atoms with Crippen molar-refractivity contribution < 1.29 is 4.48 Å². The van der Waals surface area contributed by atoms with E-state index in [-0.39, 0.29) is 6.17 Å². The fourth-order valence-electron chi connectivity index (χ4n) is 6.14. The molecule has 12 nitrogen and oxygen atoms in total.